The molecule has 4 atom stereocenters. The van der Waals surface area contributed by atoms with E-state index < -0.39 is 47.5 Å². The summed E-state index contributed by atoms with van der Waals surface area (Å²) in [5.74, 6) is -0.704. The minimum Gasteiger partial charge on any atom is -0.468 e. The molecule has 3 aliphatic carbocycles. The van der Waals surface area contributed by atoms with Gasteiger partial charge in [-0.2, -0.15) is 0 Å². The number of nitrogens with two attached hydrogens (primary N) is 1. The van der Waals surface area contributed by atoms with Gasteiger partial charge in [0.25, 0.3) is 36.5 Å². The summed E-state index contributed by atoms with van der Waals surface area (Å²) < 4.78 is 131. The number of unbranched alkanes of at least 4 members (excludes halogenated alkanes) is 1. The number of hydrogen-bond acceptors (Lipinski definition) is 12. The Hall–Kier alpha value is -6.76. The van der Waals surface area contributed by atoms with Crippen LogP contribution in [0.2, 0.25) is 0 Å². The Morgan fingerprint density at radius 2 is 0.988 bits per heavy atom. The van der Waals surface area contributed by atoms with E-state index in [4.69, 9.17) is 18.3 Å². The smallest absolute Gasteiger partial charge is 0.293 e. The van der Waals surface area contributed by atoms with Gasteiger partial charge in [-0.1, -0.05) is 49.7 Å². The van der Waals surface area contributed by atoms with Crippen molar-refractivity contribution >= 4 is 67.9 Å². The van der Waals surface area contributed by atoms with Crippen molar-refractivity contribution in [3.05, 3.63) is 178 Å². The second-order valence-corrected chi connectivity index (χ2v) is 25.9. The van der Waals surface area contributed by atoms with Crippen molar-refractivity contribution in [2.24, 2.45) is 5.73 Å². The number of carbonyl (C=O) groups is 2. The van der Waals surface area contributed by atoms with Crippen LogP contribution in [0.5, 0.6) is 0 Å². The van der Waals surface area contributed by atoms with E-state index in [1.54, 1.807) is 18.2 Å². The Morgan fingerprint density at radius 1 is 0.576 bits per heavy atom. The van der Waals surface area contributed by atoms with Crippen molar-refractivity contribution in [2.75, 3.05) is 54.1 Å². The van der Waals surface area contributed by atoms with Crippen LogP contribution in [0.25, 0.3) is 0 Å². The van der Waals surface area contributed by atoms with E-state index in [2.05, 4.69) is 29.5 Å². The topological polar surface area (TPSA) is 241 Å². The number of nitrogens with one attached hydrogen (secondary N) is 5. The number of benzene rings is 6. The van der Waals surface area contributed by atoms with Gasteiger partial charge < -0.3 is 25.8 Å². The molecule has 456 valence electrons. The maximum atomic E-state index is 13.3. The SMILES string of the molecule is CCCCOC=O.CNCC1CCCc2cc(NS(=O)(=O)c3cccc(F)c3)ccc21.NCC1CCCc2cc(NS(=O)(=O)c3cccc(F)c3)ccc21.O=CNCC1CCCc2cc(NS(=O)(=O)c3cccc(F)c3)ccc21.[B]C1CCCO1. The molecule has 1 aliphatic heterocycles. The highest BCUT2D eigenvalue weighted by atomic mass is 32.2. The lowest BCUT2D eigenvalue weighted by Gasteiger charge is -2.26. The highest BCUT2D eigenvalue weighted by Crippen LogP contribution is 2.36. The number of anilines is 3. The van der Waals surface area contributed by atoms with Gasteiger partial charge in [-0.25, -0.2) is 38.4 Å². The maximum Gasteiger partial charge on any atom is 0.293 e. The number of hydrogen-bond donors (Lipinski definition) is 6. The minimum absolute atomic E-state index is 0.0463. The summed E-state index contributed by atoms with van der Waals surface area (Å²) in [6, 6.07) is 31.6. The van der Waals surface area contributed by atoms with Crippen molar-refractivity contribution in [1.29, 1.82) is 0 Å². The average Bonchev–Trinajstić information content (AvgIpc) is 3.53. The van der Waals surface area contributed by atoms with Gasteiger partial charge in [-0.15, -0.1) is 0 Å². The lowest BCUT2D eigenvalue weighted by Crippen LogP contribution is -2.23. The summed E-state index contributed by atoms with van der Waals surface area (Å²) in [6.07, 6.45) is 14.0. The summed E-state index contributed by atoms with van der Waals surface area (Å²) in [6.45, 7) is 6.05. The molecule has 1 fully saturated rings. The molecule has 6 aromatic carbocycles. The maximum absolute atomic E-state index is 13.3. The summed E-state index contributed by atoms with van der Waals surface area (Å²) in [5.41, 5.74) is 14.3. The zero-order valence-electron chi connectivity index (χ0n) is 47.9. The first-order valence-corrected chi connectivity index (χ1v) is 32.9. The minimum atomic E-state index is -3.84. The number of rotatable bonds is 19. The van der Waals surface area contributed by atoms with Crippen LogP contribution in [0, 0.1) is 17.5 Å². The monoisotopic (exact) mass is 1230 g/mol. The molecule has 4 aliphatic rings. The number of amides is 1. The molecule has 0 bridgehead atoms. The fourth-order valence-electron chi connectivity index (χ4n) is 10.5. The van der Waals surface area contributed by atoms with Crippen molar-refractivity contribution in [3.63, 3.8) is 0 Å². The standard InChI is InChI=1S/C18H19FN2O3S.C18H21FN2O2S.C17H19FN2O2S.C5H10O2.C4H7BO/c19-15-5-2-6-17(10-15)25(23,24)21-16-7-8-18-13(9-16)3-1-4-14(18)11-20-12-22;1-20-12-14-5-2-4-13-10-16(8-9-18(13)14)21-24(22,23)17-7-3-6-15(19)11-17;18-14-5-2-6-16(10-14)23(21,22)20-15-7-8-17-12(9-15)3-1-4-13(17)11-19;1-2-3-4-7-5-6;5-4-2-1-3-6-4/h2,5-10,12,14,21H,1,3-4,11H2,(H,20,22);3,6-11,14,20-21H,2,4-5,12H2,1H3;2,5-10,13,20H,1,3-4,11,19H2;5H,2-4H2,1H3;4H,1-3H2. The normalized spacial score (nSPS) is 17.7. The number of aryl methyl sites for hydroxylation is 3. The fourth-order valence-corrected chi connectivity index (χ4v) is 13.7. The van der Waals surface area contributed by atoms with Gasteiger partial charge in [-0.05, 0) is 227 Å². The Balaban J connectivity index is 0.000000184. The first-order chi connectivity index (χ1) is 40.8. The van der Waals surface area contributed by atoms with E-state index in [1.165, 1.54) is 71.3 Å². The van der Waals surface area contributed by atoms with Crippen LogP contribution in [0.4, 0.5) is 30.2 Å². The molecule has 7 N–H and O–H groups in total. The summed E-state index contributed by atoms with van der Waals surface area (Å²) >= 11 is 0. The lowest BCUT2D eigenvalue weighted by atomic mass is 9.82. The first kappa shape index (κ1) is 67.4. The number of fused-ring (bicyclic) bond motifs is 3. The first-order valence-electron chi connectivity index (χ1n) is 28.5. The third-order valence-electron chi connectivity index (χ3n) is 14.7. The molecule has 0 saturated carbocycles. The van der Waals surface area contributed by atoms with Crippen LogP contribution in [0.1, 0.15) is 122 Å². The highest BCUT2D eigenvalue weighted by Gasteiger charge is 2.25. The van der Waals surface area contributed by atoms with Crippen LogP contribution in [0.15, 0.2) is 142 Å². The van der Waals surface area contributed by atoms with E-state index >= 15 is 0 Å². The third-order valence-corrected chi connectivity index (χ3v) is 18.8. The third kappa shape index (κ3) is 20.7. The zero-order valence-corrected chi connectivity index (χ0v) is 50.4. The summed E-state index contributed by atoms with van der Waals surface area (Å²) in [7, 11) is -4.17. The predicted octanol–water partition coefficient (Wildman–Crippen LogP) is 10.3. The van der Waals surface area contributed by atoms with E-state index in [0.717, 1.165) is 132 Å². The summed E-state index contributed by atoms with van der Waals surface area (Å²) in [5, 5.41) is 5.92. The lowest BCUT2D eigenvalue weighted by molar-refractivity contribution is -0.128. The van der Waals surface area contributed by atoms with Crippen LogP contribution < -0.4 is 30.5 Å². The molecule has 23 heteroatoms. The van der Waals surface area contributed by atoms with Crippen LogP contribution in [0.3, 0.4) is 0 Å². The molecule has 10 rings (SSSR count). The number of halogens is 3. The highest BCUT2D eigenvalue weighted by molar-refractivity contribution is 7.93. The van der Waals surface area contributed by atoms with Gasteiger partial charge in [0.1, 0.15) is 25.3 Å². The Bertz CT molecular complexity index is 3490. The molecule has 1 amide bonds. The van der Waals surface area contributed by atoms with Gasteiger partial charge in [0.2, 0.25) is 6.41 Å². The van der Waals surface area contributed by atoms with Crippen molar-refractivity contribution < 1.29 is 57.5 Å². The predicted molar refractivity (Wildman–Crippen MR) is 327 cm³/mol. The molecule has 6 aromatic rings. The van der Waals surface area contributed by atoms with Gasteiger partial charge in [0, 0.05) is 48.7 Å². The van der Waals surface area contributed by atoms with Gasteiger partial charge in [-0.3, -0.25) is 23.8 Å². The average molecular weight is 1230 g/mol. The number of sulfonamides is 3. The second kappa shape index (κ2) is 33.2. The summed E-state index contributed by atoms with van der Waals surface area (Å²) in [4.78, 5) is 19.7. The molecule has 0 aromatic heterocycles. The van der Waals surface area contributed by atoms with E-state index in [1.807, 2.05) is 50.4 Å². The zero-order chi connectivity index (χ0) is 61.4. The molecule has 1 saturated heterocycles. The fraction of sp³-hybridized carbons (Fsp3) is 0.387. The van der Waals surface area contributed by atoms with Crippen LogP contribution >= 0.6 is 0 Å². The van der Waals surface area contributed by atoms with Gasteiger partial charge >= 0.3 is 0 Å². The van der Waals surface area contributed by atoms with Crippen molar-refractivity contribution in [3.8, 4) is 0 Å². The largest absolute Gasteiger partial charge is 0.468 e. The van der Waals surface area contributed by atoms with Crippen LogP contribution in [-0.2, 0) is 68.4 Å². The van der Waals surface area contributed by atoms with Gasteiger partial charge in [0.05, 0.1) is 21.3 Å². The van der Waals surface area contributed by atoms with Crippen molar-refractivity contribution in [1.82, 2.24) is 10.6 Å². The molecule has 4 unspecified atom stereocenters. The molecule has 16 nitrogen and oxygen atoms in total. The van der Waals surface area contributed by atoms with E-state index in [9.17, 15) is 48.0 Å². The molecular formula is C62H76BF3N6O10S3. The molecule has 2 radical (unpaired) electrons. The van der Waals surface area contributed by atoms with Crippen molar-refractivity contribution in [2.45, 2.75) is 129 Å². The number of ether oxygens (including phenoxy) is 2. The van der Waals surface area contributed by atoms with Crippen LogP contribution in [-0.4, -0.2) is 91.9 Å². The molecule has 0 spiro atoms. The van der Waals surface area contributed by atoms with Gasteiger partial charge in [0.15, 0.2) is 0 Å². The Labute approximate surface area is 500 Å². The van der Waals surface area contributed by atoms with E-state index in [0.29, 0.717) is 61.5 Å². The quantitative estimate of drug-likeness (QED) is 0.0252. The Morgan fingerprint density at radius 3 is 1.32 bits per heavy atom. The molecule has 85 heavy (non-hydrogen) atoms. The molecular weight excluding hydrogens is 1150 g/mol. The number of carbonyl (C=O) groups excluding carboxylic acids is 2. The molecule has 1 heterocycles. The second-order valence-electron chi connectivity index (χ2n) is 20.9. The van der Waals surface area contributed by atoms with E-state index in [-0.39, 0.29) is 26.6 Å². The number of likely N-dealkylation sites (N-methyl/N-ethyl adjacent to an activating group) is 1. The Kier molecular flexibility index (Phi) is 26.3.